The van der Waals surface area contributed by atoms with Crippen LogP contribution in [0.3, 0.4) is 0 Å². The number of ether oxygens (including phenoxy) is 2. The first kappa shape index (κ1) is 29.6. The van der Waals surface area contributed by atoms with Crippen LogP contribution in [-0.4, -0.2) is 29.6 Å². The van der Waals surface area contributed by atoms with E-state index in [-0.39, 0.29) is 22.4 Å². The number of ketones is 2. The van der Waals surface area contributed by atoms with Crippen molar-refractivity contribution < 1.29 is 19.1 Å². The first-order chi connectivity index (χ1) is 19.3. The lowest BCUT2D eigenvalue weighted by atomic mass is 9.63. The Morgan fingerprint density at radius 2 is 1.49 bits per heavy atom. The van der Waals surface area contributed by atoms with E-state index in [0.717, 1.165) is 57.5 Å². The maximum absolute atomic E-state index is 14.0. The fourth-order valence-electron chi connectivity index (χ4n) is 6.88. The van der Waals surface area contributed by atoms with E-state index in [1.165, 1.54) is 5.56 Å². The summed E-state index contributed by atoms with van der Waals surface area (Å²) in [5, 5.41) is 0. The molecule has 0 atom stereocenters. The van der Waals surface area contributed by atoms with Gasteiger partial charge in [0.2, 0.25) is 0 Å². The molecule has 0 fully saturated rings. The second-order valence-corrected chi connectivity index (χ2v) is 14.2. The topological polar surface area (TPSA) is 55.8 Å². The standard InChI is InChI=1S/C35H42BrNO4/c1-8-37-25-16-34(4,5)18-27(38)31(25)30(32-26(37)17-35(6,7)19-28(32)39)23-14-24(36)33(29(15-23)40-9-2)41-20-22-12-10-11-21(3)13-22/h10-15,30H,8-9,16-20H2,1-7H3. The largest absolute Gasteiger partial charge is 0.490 e. The molecule has 0 saturated carbocycles. The molecule has 41 heavy (non-hydrogen) atoms. The molecule has 2 aromatic rings. The highest BCUT2D eigenvalue weighted by Crippen LogP contribution is 2.55. The van der Waals surface area contributed by atoms with Gasteiger partial charge >= 0.3 is 0 Å². The van der Waals surface area contributed by atoms with Gasteiger partial charge in [0.1, 0.15) is 6.61 Å². The van der Waals surface area contributed by atoms with Crippen molar-refractivity contribution >= 4 is 27.5 Å². The van der Waals surface area contributed by atoms with Crippen LogP contribution < -0.4 is 9.47 Å². The number of carbonyl (C=O) groups excluding carboxylic acids is 2. The van der Waals surface area contributed by atoms with Gasteiger partial charge in [-0.3, -0.25) is 9.59 Å². The summed E-state index contributed by atoms with van der Waals surface area (Å²) in [4.78, 5) is 30.2. The van der Waals surface area contributed by atoms with E-state index in [9.17, 15) is 9.59 Å². The van der Waals surface area contributed by atoms with Crippen molar-refractivity contribution in [3.8, 4) is 11.5 Å². The van der Waals surface area contributed by atoms with E-state index >= 15 is 0 Å². The molecule has 218 valence electrons. The van der Waals surface area contributed by atoms with Gasteiger partial charge in [-0.05, 0) is 83.6 Å². The Kier molecular flexibility index (Phi) is 8.01. The van der Waals surface area contributed by atoms with Gasteiger partial charge < -0.3 is 14.4 Å². The zero-order chi connectivity index (χ0) is 29.7. The summed E-state index contributed by atoms with van der Waals surface area (Å²) >= 11 is 3.77. The average molecular weight is 621 g/mol. The molecule has 0 aromatic heterocycles. The molecule has 6 heteroatoms. The summed E-state index contributed by atoms with van der Waals surface area (Å²) in [7, 11) is 0. The van der Waals surface area contributed by atoms with Gasteiger partial charge in [0.25, 0.3) is 0 Å². The smallest absolute Gasteiger partial charge is 0.175 e. The Bertz CT molecular complexity index is 1410. The minimum Gasteiger partial charge on any atom is -0.490 e. The fourth-order valence-corrected chi connectivity index (χ4v) is 7.45. The van der Waals surface area contributed by atoms with Crippen LogP contribution in [-0.2, 0) is 16.2 Å². The third-order valence-corrected chi connectivity index (χ3v) is 9.06. The lowest BCUT2D eigenvalue weighted by Crippen LogP contribution is -2.44. The molecule has 1 aliphatic heterocycles. The van der Waals surface area contributed by atoms with Crippen LogP contribution in [0.25, 0.3) is 0 Å². The summed E-state index contributed by atoms with van der Waals surface area (Å²) in [6, 6.07) is 12.3. The Morgan fingerprint density at radius 1 is 0.878 bits per heavy atom. The molecular formula is C35H42BrNO4. The van der Waals surface area contributed by atoms with Crippen LogP contribution in [0.1, 0.15) is 89.8 Å². The second-order valence-electron chi connectivity index (χ2n) is 13.3. The molecule has 0 unspecified atom stereocenters. The lowest BCUT2D eigenvalue weighted by Gasteiger charge is -2.49. The normalized spacial score (nSPS) is 20.2. The molecule has 0 spiro atoms. The van der Waals surface area contributed by atoms with Gasteiger partial charge in [-0.1, -0.05) is 57.5 Å². The van der Waals surface area contributed by atoms with E-state index < -0.39 is 5.92 Å². The van der Waals surface area contributed by atoms with Crippen LogP contribution in [0.4, 0.5) is 0 Å². The number of Topliss-reactive ketones (excluding diaryl/α,β-unsaturated/α-hetero) is 2. The molecule has 0 radical (unpaired) electrons. The minimum atomic E-state index is -0.420. The quantitative estimate of drug-likeness (QED) is 0.311. The van der Waals surface area contributed by atoms with Gasteiger partial charge in [0.15, 0.2) is 23.1 Å². The zero-order valence-electron chi connectivity index (χ0n) is 25.4. The van der Waals surface area contributed by atoms with E-state index in [1.54, 1.807) is 0 Å². The van der Waals surface area contributed by atoms with Crippen molar-refractivity contribution in [2.75, 3.05) is 13.2 Å². The summed E-state index contributed by atoms with van der Waals surface area (Å²) in [5.74, 6) is 1.09. The fraction of sp³-hybridized carbons (Fsp3) is 0.486. The van der Waals surface area contributed by atoms with Gasteiger partial charge in [-0.25, -0.2) is 0 Å². The number of rotatable bonds is 7. The van der Waals surface area contributed by atoms with Crippen LogP contribution in [0.15, 0.2) is 63.4 Å². The van der Waals surface area contributed by atoms with Gasteiger partial charge in [0.05, 0.1) is 11.1 Å². The van der Waals surface area contributed by atoms with Gasteiger partial charge in [-0.2, -0.15) is 0 Å². The van der Waals surface area contributed by atoms with Crippen LogP contribution in [0.2, 0.25) is 0 Å². The minimum absolute atomic E-state index is 0.134. The van der Waals surface area contributed by atoms with Gasteiger partial charge in [-0.15, -0.1) is 0 Å². The molecule has 0 N–H and O–H groups in total. The van der Waals surface area contributed by atoms with Crippen LogP contribution >= 0.6 is 15.9 Å². The van der Waals surface area contributed by atoms with Crippen molar-refractivity contribution in [1.82, 2.24) is 4.90 Å². The monoisotopic (exact) mass is 619 g/mol. The SMILES string of the molecule is CCOc1cc(C2C3=C(CC(C)(C)CC3=O)N(CC)C3=C2C(=O)CC(C)(C)C3)cc(Br)c1OCc1cccc(C)c1. The highest BCUT2D eigenvalue weighted by Gasteiger charge is 2.48. The van der Waals surface area contributed by atoms with E-state index in [1.807, 2.05) is 31.2 Å². The Balaban J connectivity index is 1.66. The highest BCUT2D eigenvalue weighted by atomic mass is 79.9. The molecule has 0 saturated heterocycles. The van der Waals surface area contributed by atoms with Crippen molar-refractivity contribution in [3.63, 3.8) is 0 Å². The first-order valence-electron chi connectivity index (χ1n) is 14.8. The molecule has 0 amide bonds. The van der Waals surface area contributed by atoms with Crippen LogP contribution in [0.5, 0.6) is 11.5 Å². The third kappa shape index (κ3) is 5.77. The Morgan fingerprint density at radius 3 is 2.02 bits per heavy atom. The number of halogens is 1. The summed E-state index contributed by atoms with van der Waals surface area (Å²) in [5.41, 5.74) is 6.59. The van der Waals surface area contributed by atoms with E-state index in [2.05, 4.69) is 74.5 Å². The first-order valence-corrected chi connectivity index (χ1v) is 15.6. The van der Waals surface area contributed by atoms with Crippen molar-refractivity contribution in [3.05, 3.63) is 80.1 Å². The number of allylic oxidation sites excluding steroid dienone is 4. The average Bonchev–Trinajstić information content (AvgIpc) is 2.86. The number of hydrogen-bond acceptors (Lipinski definition) is 5. The molecule has 5 nitrogen and oxygen atoms in total. The summed E-state index contributed by atoms with van der Waals surface area (Å²) in [6.07, 6.45) is 2.56. The zero-order valence-corrected chi connectivity index (χ0v) is 27.0. The molecule has 0 bridgehead atoms. The molecular weight excluding hydrogens is 578 g/mol. The Hall–Kier alpha value is -2.86. The number of carbonyl (C=O) groups is 2. The number of aryl methyl sites for hydroxylation is 1. The third-order valence-electron chi connectivity index (χ3n) is 8.47. The van der Waals surface area contributed by atoms with E-state index in [4.69, 9.17) is 9.47 Å². The number of hydrogen-bond donors (Lipinski definition) is 0. The van der Waals surface area contributed by atoms with E-state index in [0.29, 0.717) is 37.6 Å². The molecule has 1 heterocycles. The predicted molar refractivity (Wildman–Crippen MR) is 166 cm³/mol. The molecule has 5 rings (SSSR count). The highest BCUT2D eigenvalue weighted by molar-refractivity contribution is 9.10. The summed E-state index contributed by atoms with van der Waals surface area (Å²) < 4.78 is 13.2. The number of benzene rings is 2. The molecule has 2 aliphatic carbocycles. The molecule has 3 aliphatic rings. The van der Waals surface area contributed by atoms with Gasteiger partial charge in [0, 0.05) is 47.8 Å². The number of nitrogens with zero attached hydrogens (tertiary/aromatic N) is 1. The van der Waals surface area contributed by atoms with Crippen molar-refractivity contribution in [1.29, 1.82) is 0 Å². The lowest BCUT2D eigenvalue weighted by molar-refractivity contribution is -0.119. The maximum Gasteiger partial charge on any atom is 0.175 e. The second kappa shape index (κ2) is 11.1. The Labute approximate surface area is 253 Å². The predicted octanol–water partition coefficient (Wildman–Crippen LogP) is 8.44. The summed E-state index contributed by atoms with van der Waals surface area (Å²) in [6.45, 7) is 16.4. The van der Waals surface area contributed by atoms with Crippen molar-refractivity contribution in [2.45, 2.75) is 86.7 Å². The molecule has 2 aromatic carbocycles. The maximum atomic E-state index is 14.0. The van der Waals surface area contributed by atoms with Crippen molar-refractivity contribution in [2.24, 2.45) is 10.8 Å². The van der Waals surface area contributed by atoms with Crippen LogP contribution in [0, 0.1) is 17.8 Å².